The average Bonchev–Trinajstić information content (AvgIpc) is 3.29. The molecule has 1 saturated heterocycles. The Kier molecular flexibility index (Phi) is 4.78. The SMILES string of the molecule is CC(C)(C(=O)CCC1(CN2CCC2)CC1)c1cccc(C(F)F)c1. The highest BCUT2D eigenvalue weighted by Crippen LogP contribution is 2.51. The van der Waals surface area contributed by atoms with E-state index >= 15 is 0 Å². The average molecular weight is 335 g/mol. The second-order valence-electron chi connectivity index (χ2n) is 8.10. The molecule has 0 spiro atoms. The molecule has 0 atom stereocenters. The minimum atomic E-state index is -2.50. The summed E-state index contributed by atoms with van der Waals surface area (Å²) in [6.07, 6.45) is 2.71. The van der Waals surface area contributed by atoms with Gasteiger partial charge in [-0.15, -0.1) is 0 Å². The van der Waals surface area contributed by atoms with Crippen molar-refractivity contribution in [2.75, 3.05) is 19.6 Å². The largest absolute Gasteiger partial charge is 0.303 e. The Hall–Kier alpha value is -1.29. The number of ketones is 1. The lowest BCUT2D eigenvalue weighted by Gasteiger charge is -2.34. The van der Waals surface area contributed by atoms with E-state index in [1.807, 2.05) is 13.8 Å². The van der Waals surface area contributed by atoms with E-state index in [9.17, 15) is 13.6 Å². The summed E-state index contributed by atoms with van der Waals surface area (Å²) >= 11 is 0. The lowest BCUT2D eigenvalue weighted by atomic mass is 9.77. The molecule has 2 nitrogen and oxygen atoms in total. The van der Waals surface area contributed by atoms with Crippen molar-refractivity contribution >= 4 is 5.78 Å². The lowest BCUT2D eigenvalue weighted by Crippen LogP contribution is -2.41. The van der Waals surface area contributed by atoms with E-state index in [2.05, 4.69) is 4.90 Å². The summed E-state index contributed by atoms with van der Waals surface area (Å²) in [6, 6.07) is 6.31. The molecule has 2 fully saturated rings. The third-order valence-corrected chi connectivity index (χ3v) is 5.90. The number of halogens is 2. The van der Waals surface area contributed by atoms with E-state index in [0.29, 0.717) is 17.4 Å². The Morgan fingerprint density at radius 1 is 1.29 bits per heavy atom. The maximum atomic E-state index is 12.9. The molecule has 2 aliphatic rings. The maximum absolute atomic E-state index is 12.9. The molecule has 1 aliphatic carbocycles. The van der Waals surface area contributed by atoms with Gasteiger partial charge in [-0.2, -0.15) is 0 Å². The minimum absolute atomic E-state index is 0.00942. The van der Waals surface area contributed by atoms with E-state index in [4.69, 9.17) is 0 Å². The first-order valence-corrected chi connectivity index (χ1v) is 8.97. The van der Waals surface area contributed by atoms with Gasteiger partial charge in [0.15, 0.2) is 0 Å². The van der Waals surface area contributed by atoms with Gasteiger partial charge in [-0.05, 0) is 69.7 Å². The smallest absolute Gasteiger partial charge is 0.263 e. The molecular formula is C20H27F2NO. The fourth-order valence-electron chi connectivity index (χ4n) is 3.59. The molecular weight excluding hydrogens is 308 g/mol. The van der Waals surface area contributed by atoms with Gasteiger partial charge in [0, 0.05) is 23.9 Å². The molecule has 132 valence electrons. The van der Waals surface area contributed by atoms with Crippen LogP contribution in [0.2, 0.25) is 0 Å². The number of benzene rings is 1. The van der Waals surface area contributed by atoms with Crippen molar-refractivity contribution in [3.05, 3.63) is 35.4 Å². The van der Waals surface area contributed by atoms with Crippen LogP contribution >= 0.6 is 0 Å². The lowest BCUT2D eigenvalue weighted by molar-refractivity contribution is -0.124. The van der Waals surface area contributed by atoms with Gasteiger partial charge < -0.3 is 4.90 Å². The maximum Gasteiger partial charge on any atom is 0.263 e. The molecule has 4 heteroatoms. The second kappa shape index (κ2) is 6.55. The van der Waals surface area contributed by atoms with Crippen LogP contribution in [0.25, 0.3) is 0 Å². The molecule has 1 aromatic carbocycles. The first kappa shape index (κ1) is 17.5. The van der Waals surface area contributed by atoms with Crippen LogP contribution in [0, 0.1) is 5.41 Å². The van der Waals surface area contributed by atoms with Gasteiger partial charge in [-0.1, -0.05) is 18.2 Å². The third-order valence-electron chi connectivity index (χ3n) is 5.90. The molecule has 24 heavy (non-hydrogen) atoms. The Morgan fingerprint density at radius 2 is 2.00 bits per heavy atom. The van der Waals surface area contributed by atoms with Gasteiger partial charge in [-0.3, -0.25) is 4.79 Å². The van der Waals surface area contributed by atoms with Crippen LogP contribution in [0.5, 0.6) is 0 Å². The molecule has 0 aromatic heterocycles. The van der Waals surface area contributed by atoms with Gasteiger partial charge in [0.2, 0.25) is 0 Å². The fraction of sp³-hybridized carbons (Fsp3) is 0.650. The van der Waals surface area contributed by atoms with E-state index in [-0.39, 0.29) is 11.3 Å². The number of likely N-dealkylation sites (tertiary alicyclic amines) is 1. The zero-order valence-electron chi connectivity index (χ0n) is 14.7. The summed E-state index contributed by atoms with van der Waals surface area (Å²) in [4.78, 5) is 15.3. The van der Waals surface area contributed by atoms with Crippen molar-refractivity contribution in [2.45, 2.75) is 57.8 Å². The van der Waals surface area contributed by atoms with Gasteiger partial charge >= 0.3 is 0 Å². The first-order valence-electron chi connectivity index (χ1n) is 8.97. The van der Waals surface area contributed by atoms with Crippen LogP contribution in [-0.2, 0) is 10.2 Å². The van der Waals surface area contributed by atoms with Crippen molar-refractivity contribution in [3.8, 4) is 0 Å². The van der Waals surface area contributed by atoms with E-state index < -0.39 is 11.8 Å². The Labute approximate surface area is 143 Å². The molecule has 0 N–H and O–H groups in total. The number of alkyl halides is 2. The second-order valence-corrected chi connectivity index (χ2v) is 8.10. The zero-order valence-corrected chi connectivity index (χ0v) is 14.7. The van der Waals surface area contributed by atoms with Crippen molar-refractivity contribution in [1.82, 2.24) is 4.90 Å². The molecule has 0 radical (unpaired) electrons. The molecule has 1 aliphatic heterocycles. The number of nitrogens with zero attached hydrogens (tertiary/aromatic N) is 1. The Balaban J connectivity index is 1.61. The molecule has 0 amide bonds. The minimum Gasteiger partial charge on any atom is -0.303 e. The van der Waals surface area contributed by atoms with Gasteiger partial charge in [0.25, 0.3) is 6.43 Å². The van der Waals surface area contributed by atoms with Crippen LogP contribution in [0.3, 0.4) is 0 Å². The molecule has 1 saturated carbocycles. The highest BCUT2D eigenvalue weighted by molar-refractivity contribution is 5.89. The van der Waals surface area contributed by atoms with Crippen molar-refractivity contribution in [2.24, 2.45) is 5.41 Å². The summed E-state index contributed by atoms with van der Waals surface area (Å²) in [6.45, 7) is 7.23. The predicted molar refractivity (Wildman–Crippen MR) is 91.4 cm³/mol. The fourth-order valence-corrected chi connectivity index (χ4v) is 3.59. The normalized spacial score (nSPS) is 20.0. The monoisotopic (exact) mass is 335 g/mol. The van der Waals surface area contributed by atoms with Gasteiger partial charge in [0.05, 0.1) is 0 Å². The summed E-state index contributed by atoms with van der Waals surface area (Å²) in [5.41, 5.74) is 0.317. The highest BCUT2D eigenvalue weighted by Gasteiger charge is 2.45. The molecule has 1 aromatic rings. The quantitative estimate of drug-likeness (QED) is 0.684. The van der Waals surface area contributed by atoms with Crippen LogP contribution in [0.15, 0.2) is 24.3 Å². The number of hydrogen-bond donors (Lipinski definition) is 0. The zero-order chi connectivity index (χ0) is 17.4. The summed E-state index contributed by atoms with van der Waals surface area (Å²) < 4.78 is 25.8. The van der Waals surface area contributed by atoms with Crippen LogP contribution in [0.4, 0.5) is 8.78 Å². The van der Waals surface area contributed by atoms with E-state index in [1.54, 1.807) is 12.1 Å². The summed E-state index contributed by atoms with van der Waals surface area (Å²) in [7, 11) is 0. The molecule has 0 unspecified atom stereocenters. The highest BCUT2D eigenvalue weighted by atomic mass is 19.3. The molecule has 1 heterocycles. The number of hydrogen-bond acceptors (Lipinski definition) is 2. The first-order chi connectivity index (χ1) is 11.3. The van der Waals surface area contributed by atoms with E-state index in [0.717, 1.165) is 13.0 Å². The van der Waals surface area contributed by atoms with Crippen LogP contribution in [-0.4, -0.2) is 30.3 Å². The third kappa shape index (κ3) is 3.69. The van der Waals surface area contributed by atoms with Crippen molar-refractivity contribution in [1.29, 1.82) is 0 Å². The number of carbonyl (C=O) groups is 1. The topological polar surface area (TPSA) is 20.3 Å². The molecule has 0 bridgehead atoms. The van der Waals surface area contributed by atoms with Gasteiger partial charge in [-0.25, -0.2) is 8.78 Å². The molecule has 3 rings (SSSR count). The van der Waals surface area contributed by atoms with Crippen molar-refractivity contribution in [3.63, 3.8) is 0 Å². The number of carbonyl (C=O) groups excluding carboxylic acids is 1. The van der Waals surface area contributed by atoms with Crippen molar-refractivity contribution < 1.29 is 13.6 Å². The number of Topliss-reactive ketones (excluding diaryl/α,β-unsaturated/α-hetero) is 1. The summed E-state index contributed by atoms with van der Waals surface area (Å²) in [5.74, 6) is 0.156. The van der Waals surface area contributed by atoms with Crippen LogP contribution in [0.1, 0.15) is 63.5 Å². The predicted octanol–water partition coefficient (Wildman–Crippen LogP) is 4.74. The summed E-state index contributed by atoms with van der Waals surface area (Å²) in [5, 5.41) is 0. The van der Waals surface area contributed by atoms with Crippen LogP contribution < -0.4 is 0 Å². The number of rotatable bonds is 8. The standard InChI is InChI=1S/C20H27F2NO/c1-19(2,16-6-3-5-15(13-16)18(21)22)17(24)7-8-20(9-10-20)14-23-11-4-12-23/h3,5-6,13,18H,4,7-12,14H2,1-2H3. The van der Waals surface area contributed by atoms with E-state index in [1.165, 1.54) is 44.5 Å². The Morgan fingerprint density at radius 3 is 2.54 bits per heavy atom. The Bertz CT molecular complexity index is 603. The van der Waals surface area contributed by atoms with Gasteiger partial charge in [0.1, 0.15) is 5.78 Å².